The van der Waals surface area contributed by atoms with Gasteiger partial charge in [0.15, 0.2) is 16.1 Å². The second kappa shape index (κ2) is 11.7. The molecule has 198 valence electrons. The maximum absolute atomic E-state index is 12.8. The molecule has 3 aromatic carbocycles. The van der Waals surface area contributed by atoms with Gasteiger partial charge >= 0.3 is 0 Å². The standard InChI is InChI=1S/C30H28ClN5OS2/c1-30(2,3)22-14-12-21(13-15-22)27-34-35-29(36(27)24-10-5-4-6-11-24)38-19-26(37)33-28-32-18-25(39-28)17-20-8-7-9-23(31)16-20/h4-16,18H,17,19H2,1-3H3,(H,32,33,37). The van der Waals surface area contributed by atoms with Crippen LogP contribution in [0.2, 0.25) is 5.02 Å². The van der Waals surface area contributed by atoms with E-state index in [2.05, 4.69) is 65.5 Å². The number of para-hydroxylation sites is 1. The van der Waals surface area contributed by atoms with Crippen molar-refractivity contribution in [1.82, 2.24) is 19.7 Å². The highest BCUT2D eigenvalue weighted by atomic mass is 35.5. The molecule has 9 heteroatoms. The van der Waals surface area contributed by atoms with Gasteiger partial charge in [0, 0.05) is 33.8 Å². The molecule has 5 rings (SSSR count). The molecule has 6 nitrogen and oxygen atoms in total. The number of aromatic nitrogens is 4. The number of nitrogens with zero attached hydrogens (tertiary/aromatic N) is 4. The number of carbonyl (C=O) groups excluding carboxylic acids is 1. The summed E-state index contributed by atoms with van der Waals surface area (Å²) in [6.07, 6.45) is 2.50. The molecular weight excluding hydrogens is 546 g/mol. The van der Waals surface area contributed by atoms with Crippen molar-refractivity contribution in [1.29, 1.82) is 0 Å². The van der Waals surface area contributed by atoms with Gasteiger partial charge in [0.1, 0.15) is 0 Å². The van der Waals surface area contributed by atoms with Gasteiger partial charge in [0.05, 0.1) is 5.75 Å². The van der Waals surface area contributed by atoms with Gasteiger partial charge in [-0.05, 0) is 40.8 Å². The third kappa shape index (κ3) is 6.76. The number of amides is 1. The Labute approximate surface area is 241 Å². The summed E-state index contributed by atoms with van der Waals surface area (Å²) in [5, 5.41) is 13.8. The summed E-state index contributed by atoms with van der Waals surface area (Å²) in [6, 6.07) is 26.1. The molecule has 39 heavy (non-hydrogen) atoms. The highest BCUT2D eigenvalue weighted by Crippen LogP contribution is 2.30. The number of thiazole rings is 1. The number of thioether (sulfide) groups is 1. The smallest absolute Gasteiger partial charge is 0.236 e. The average molecular weight is 574 g/mol. The number of hydrogen-bond acceptors (Lipinski definition) is 6. The Kier molecular flexibility index (Phi) is 8.16. The number of rotatable bonds is 8. The Hall–Kier alpha value is -3.46. The summed E-state index contributed by atoms with van der Waals surface area (Å²) >= 11 is 8.90. The Morgan fingerprint density at radius 3 is 2.49 bits per heavy atom. The number of hydrogen-bond donors (Lipinski definition) is 1. The molecule has 0 spiro atoms. The van der Waals surface area contributed by atoms with Crippen LogP contribution in [-0.2, 0) is 16.6 Å². The van der Waals surface area contributed by atoms with Crippen LogP contribution in [0.25, 0.3) is 17.1 Å². The summed E-state index contributed by atoms with van der Waals surface area (Å²) in [5.74, 6) is 0.759. The minimum Gasteiger partial charge on any atom is -0.301 e. The highest BCUT2D eigenvalue weighted by molar-refractivity contribution is 7.99. The highest BCUT2D eigenvalue weighted by Gasteiger charge is 2.19. The average Bonchev–Trinajstić information content (AvgIpc) is 3.54. The van der Waals surface area contributed by atoms with E-state index in [4.69, 9.17) is 11.6 Å². The molecule has 0 saturated heterocycles. The van der Waals surface area contributed by atoms with E-state index in [0.29, 0.717) is 21.7 Å². The molecule has 0 radical (unpaired) electrons. The van der Waals surface area contributed by atoms with E-state index in [1.807, 2.05) is 59.2 Å². The summed E-state index contributed by atoms with van der Waals surface area (Å²) in [7, 11) is 0. The predicted octanol–water partition coefficient (Wildman–Crippen LogP) is 7.66. The van der Waals surface area contributed by atoms with Gasteiger partial charge in [-0.1, -0.05) is 98.7 Å². The van der Waals surface area contributed by atoms with E-state index >= 15 is 0 Å². The van der Waals surface area contributed by atoms with E-state index < -0.39 is 0 Å². The molecule has 2 heterocycles. The van der Waals surface area contributed by atoms with Crippen molar-refractivity contribution in [3.8, 4) is 17.1 Å². The first-order chi connectivity index (χ1) is 18.8. The van der Waals surface area contributed by atoms with E-state index in [0.717, 1.165) is 27.5 Å². The predicted molar refractivity (Wildman–Crippen MR) is 161 cm³/mol. The molecule has 0 aliphatic carbocycles. The second-order valence-corrected chi connectivity index (χ2v) is 12.6. The summed E-state index contributed by atoms with van der Waals surface area (Å²) in [5.41, 5.74) is 4.31. The molecule has 0 aliphatic heterocycles. The Morgan fingerprint density at radius 2 is 1.77 bits per heavy atom. The molecule has 0 bridgehead atoms. The Bertz CT molecular complexity index is 1570. The largest absolute Gasteiger partial charge is 0.301 e. The zero-order valence-corrected chi connectivity index (χ0v) is 24.3. The lowest BCUT2D eigenvalue weighted by atomic mass is 9.87. The van der Waals surface area contributed by atoms with Crippen molar-refractivity contribution < 1.29 is 4.79 Å². The van der Waals surface area contributed by atoms with E-state index in [-0.39, 0.29) is 17.1 Å². The van der Waals surface area contributed by atoms with Crippen LogP contribution in [-0.4, -0.2) is 31.4 Å². The van der Waals surface area contributed by atoms with Gasteiger partial charge in [-0.15, -0.1) is 21.5 Å². The Morgan fingerprint density at radius 1 is 1.00 bits per heavy atom. The van der Waals surface area contributed by atoms with Gasteiger partial charge in [-0.3, -0.25) is 9.36 Å². The van der Waals surface area contributed by atoms with Crippen LogP contribution < -0.4 is 5.32 Å². The van der Waals surface area contributed by atoms with E-state index in [9.17, 15) is 4.79 Å². The van der Waals surface area contributed by atoms with E-state index in [1.54, 1.807) is 6.20 Å². The molecule has 1 amide bonds. The monoisotopic (exact) mass is 573 g/mol. The first-order valence-electron chi connectivity index (χ1n) is 12.5. The maximum atomic E-state index is 12.8. The van der Waals surface area contributed by atoms with Gasteiger partial charge in [0.25, 0.3) is 0 Å². The first-order valence-corrected chi connectivity index (χ1v) is 14.7. The molecule has 2 aromatic heterocycles. The molecule has 0 saturated carbocycles. The quantitative estimate of drug-likeness (QED) is 0.193. The van der Waals surface area contributed by atoms with Crippen molar-refractivity contribution in [2.45, 2.75) is 37.8 Å². The first kappa shape index (κ1) is 27.1. The van der Waals surface area contributed by atoms with Crippen LogP contribution in [0.3, 0.4) is 0 Å². The lowest BCUT2D eigenvalue weighted by Gasteiger charge is -2.19. The molecule has 0 unspecified atom stereocenters. The molecular formula is C30H28ClN5OS2. The minimum atomic E-state index is -0.151. The van der Waals surface area contributed by atoms with Crippen LogP contribution >= 0.6 is 34.7 Å². The summed E-state index contributed by atoms with van der Waals surface area (Å²) in [4.78, 5) is 18.2. The van der Waals surface area contributed by atoms with Gasteiger partial charge in [-0.25, -0.2) is 4.98 Å². The fraction of sp³-hybridized carbons (Fsp3) is 0.200. The third-order valence-electron chi connectivity index (χ3n) is 6.06. The fourth-order valence-corrected chi connectivity index (χ4v) is 5.89. The summed E-state index contributed by atoms with van der Waals surface area (Å²) in [6.45, 7) is 6.58. The zero-order valence-electron chi connectivity index (χ0n) is 21.9. The third-order valence-corrected chi connectivity index (χ3v) is 8.13. The number of halogens is 1. The number of benzene rings is 3. The van der Waals surface area contributed by atoms with Crippen molar-refractivity contribution >= 4 is 45.7 Å². The topological polar surface area (TPSA) is 72.7 Å². The number of nitrogens with one attached hydrogen (secondary N) is 1. The number of carbonyl (C=O) groups is 1. The zero-order chi connectivity index (χ0) is 27.4. The molecule has 5 aromatic rings. The van der Waals surface area contributed by atoms with Crippen LogP contribution in [0, 0.1) is 0 Å². The normalized spacial score (nSPS) is 11.5. The van der Waals surface area contributed by atoms with Gasteiger partial charge in [-0.2, -0.15) is 0 Å². The maximum Gasteiger partial charge on any atom is 0.236 e. The lowest BCUT2D eigenvalue weighted by Crippen LogP contribution is -2.14. The minimum absolute atomic E-state index is 0.0630. The van der Waals surface area contributed by atoms with Crippen molar-refractivity contribution in [3.05, 3.63) is 106 Å². The van der Waals surface area contributed by atoms with Crippen LogP contribution in [0.4, 0.5) is 5.13 Å². The lowest BCUT2D eigenvalue weighted by molar-refractivity contribution is -0.113. The van der Waals surface area contributed by atoms with Crippen LogP contribution in [0.1, 0.15) is 36.8 Å². The van der Waals surface area contributed by atoms with Crippen molar-refractivity contribution in [2.24, 2.45) is 0 Å². The van der Waals surface area contributed by atoms with Crippen molar-refractivity contribution in [3.63, 3.8) is 0 Å². The van der Waals surface area contributed by atoms with Crippen LogP contribution in [0.5, 0.6) is 0 Å². The molecule has 0 atom stereocenters. The molecule has 0 aliphatic rings. The molecule has 1 N–H and O–H groups in total. The second-order valence-electron chi connectivity index (χ2n) is 10.1. The molecule has 0 fully saturated rings. The summed E-state index contributed by atoms with van der Waals surface area (Å²) < 4.78 is 2.00. The van der Waals surface area contributed by atoms with E-state index in [1.165, 1.54) is 28.7 Å². The van der Waals surface area contributed by atoms with Gasteiger partial charge < -0.3 is 5.32 Å². The SMILES string of the molecule is CC(C)(C)c1ccc(-c2nnc(SCC(=O)Nc3ncc(Cc4cccc(Cl)c4)s3)n2-c2ccccc2)cc1. The Balaban J connectivity index is 1.30. The van der Waals surface area contributed by atoms with Crippen LogP contribution in [0.15, 0.2) is 90.2 Å². The fourth-order valence-electron chi connectivity index (χ4n) is 4.06. The number of anilines is 1. The van der Waals surface area contributed by atoms with Crippen molar-refractivity contribution in [2.75, 3.05) is 11.1 Å². The van der Waals surface area contributed by atoms with Gasteiger partial charge in [0.2, 0.25) is 5.91 Å².